The van der Waals surface area contributed by atoms with Gasteiger partial charge in [-0.25, -0.2) is 4.68 Å². The highest BCUT2D eigenvalue weighted by molar-refractivity contribution is 5.74. The summed E-state index contributed by atoms with van der Waals surface area (Å²) < 4.78 is 2.01. The lowest BCUT2D eigenvalue weighted by Crippen LogP contribution is -2.54. The lowest BCUT2D eigenvalue weighted by molar-refractivity contribution is 0.0688. The molecule has 0 aliphatic carbocycles. The smallest absolute Gasteiger partial charge is 0.113 e. The molecule has 2 heterocycles. The van der Waals surface area contributed by atoms with Crippen molar-refractivity contribution in [3.05, 3.63) is 24.3 Å². The van der Waals surface area contributed by atoms with E-state index in [0.29, 0.717) is 0 Å². The summed E-state index contributed by atoms with van der Waals surface area (Å²) in [6, 6.07) is 8.41. The Morgan fingerprint density at radius 2 is 2.00 bits per heavy atom. The Balaban J connectivity index is 1.95. The summed E-state index contributed by atoms with van der Waals surface area (Å²) in [5.74, 6) is 0. The van der Waals surface area contributed by atoms with Gasteiger partial charge in [0.25, 0.3) is 0 Å². The van der Waals surface area contributed by atoms with Crippen LogP contribution in [-0.4, -0.2) is 44.6 Å². The molecule has 20 heavy (non-hydrogen) atoms. The zero-order chi connectivity index (χ0) is 14.3. The summed E-state index contributed by atoms with van der Waals surface area (Å²) in [7, 11) is 0. The van der Waals surface area contributed by atoms with Crippen molar-refractivity contribution in [1.82, 2.24) is 19.9 Å². The predicted molar refractivity (Wildman–Crippen MR) is 80.5 cm³/mol. The van der Waals surface area contributed by atoms with Gasteiger partial charge in [0.15, 0.2) is 0 Å². The van der Waals surface area contributed by atoms with Gasteiger partial charge in [0, 0.05) is 24.7 Å². The largest absolute Gasteiger partial charge is 0.326 e. The molecule has 1 aromatic heterocycles. The zero-order valence-electron chi connectivity index (χ0n) is 12.5. The topological polar surface area (TPSA) is 60.0 Å². The van der Waals surface area contributed by atoms with E-state index in [9.17, 15) is 0 Å². The molecular weight excluding hydrogens is 250 g/mol. The van der Waals surface area contributed by atoms with E-state index in [1.54, 1.807) is 0 Å². The summed E-state index contributed by atoms with van der Waals surface area (Å²) >= 11 is 0. The quantitative estimate of drug-likeness (QED) is 0.861. The van der Waals surface area contributed by atoms with Crippen molar-refractivity contribution in [2.75, 3.05) is 13.1 Å². The third-order valence-corrected chi connectivity index (χ3v) is 4.27. The van der Waals surface area contributed by atoms with Gasteiger partial charge < -0.3 is 5.73 Å². The standard InChI is InChI=1S/C15H23N5/c1-15(2,3)19-9-8-11(16)14(10-19)20-13-7-5-4-6-12(13)17-18-20/h4-7,11,14H,8-10,16H2,1-3H3. The van der Waals surface area contributed by atoms with Crippen LogP contribution in [-0.2, 0) is 0 Å². The van der Waals surface area contributed by atoms with Crippen LogP contribution in [0.5, 0.6) is 0 Å². The molecule has 1 aliphatic rings. The Bertz CT molecular complexity index is 598. The minimum absolute atomic E-state index is 0.138. The SMILES string of the molecule is CC(C)(C)N1CCC(N)C(n2nnc3ccccc32)C1. The number of rotatable bonds is 1. The van der Waals surface area contributed by atoms with Gasteiger partial charge in [0.1, 0.15) is 5.52 Å². The molecule has 2 N–H and O–H groups in total. The molecule has 108 valence electrons. The number of fused-ring (bicyclic) bond motifs is 1. The fraction of sp³-hybridized carbons (Fsp3) is 0.600. The van der Waals surface area contributed by atoms with Crippen molar-refractivity contribution >= 4 is 11.0 Å². The first-order valence-corrected chi connectivity index (χ1v) is 7.27. The van der Waals surface area contributed by atoms with E-state index in [-0.39, 0.29) is 17.6 Å². The molecule has 0 saturated carbocycles. The molecule has 0 bridgehead atoms. The van der Waals surface area contributed by atoms with Crippen LogP contribution in [0.15, 0.2) is 24.3 Å². The third-order valence-electron chi connectivity index (χ3n) is 4.27. The highest BCUT2D eigenvalue weighted by Gasteiger charge is 2.34. The number of hydrogen-bond donors (Lipinski definition) is 1. The minimum atomic E-state index is 0.138. The fourth-order valence-electron chi connectivity index (χ4n) is 2.95. The first kappa shape index (κ1) is 13.5. The number of nitrogens with two attached hydrogens (primary N) is 1. The van der Waals surface area contributed by atoms with Crippen LogP contribution in [0.4, 0.5) is 0 Å². The molecule has 1 saturated heterocycles. The molecule has 2 unspecified atom stereocenters. The van der Waals surface area contributed by atoms with Gasteiger partial charge in [0.2, 0.25) is 0 Å². The monoisotopic (exact) mass is 273 g/mol. The van der Waals surface area contributed by atoms with Crippen molar-refractivity contribution in [3.63, 3.8) is 0 Å². The lowest BCUT2D eigenvalue weighted by Gasteiger charge is -2.43. The predicted octanol–water partition coefficient (Wildman–Crippen LogP) is 1.80. The molecule has 2 aromatic rings. The van der Waals surface area contributed by atoms with Gasteiger partial charge in [-0.2, -0.15) is 0 Å². The Labute approximate surface area is 119 Å². The highest BCUT2D eigenvalue weighted by atomic mass is 15.5. The maximum atomic E-state index is 6.35. The van der Waals surface area contributed by atoms with Gasteiger partial charge in [-0.05, 0) is 39.3 Å². The van der Waals surface area contributed by atoms with Crippen molar-refractivity contribution < 1.29 is 0 Å². The Morgan fingerprint density at radius 1 is 1.25 bits per heavy atom. The fourth-order valence-corrected chi connectivity index (χ4v) is 2.95. The van der Waals surface area contributed by atoms with Gasteiger partial charge in [-0.1, -0.05) is 17.3 Å². The first-order chi connectivity index (χ1) is 9.47. The minimum Gasteiger partial charge on any atom is -0.326 e. The summed E-state index contributed by atoms with van der Waals surface area (Å²) in [5, 5.41) is 8.60. The molecule has 2 atom stereocenters. The van der Waals surface area contributed by atoms with Gasteiger partial charge >= 0.3 is 0 Å². The number of aromatic nitrogens is 3. The van der Waals surface area contributed by atoms with Crippen molar-refractivity contribution in [1.29, 1.82) is 0 Å². The number of piperidine rings is 1. The van der Waals surface area contributed by atoms with E-state index in [2.05, 4.69) is 42.0 Å². The Kier molecular flexibility index (Phi) is 3.26. The molecule has 1 fully saturated rings. The van der Waals surface area contributed by atoms with E-state index in [1.165, 1.54) is 0 Å². The van der Waals surface area contributed by atoms with E-state index in [1.807, 2.05) is 22.9 Å². The van der Waals surface area contributed by atoms with Crippen LogP contribution in [0, 0.1) is 0 Å². The lowest BCUT2D eigenvalue weighted by atomic mass is 9.95. The number of benzene rings is 1. The molecule has 0 amide bonds. The van der Waals surface area contributed by atoms with Crippen LogP contribution in [0.1, 0.15) is 33.2 Å². The molecule has 0 radical (unpaired) electrons. The average molecular weight is 273 g/mol. The average Bonchev–Trinajstić information content (AvgIpc) is 2.82. The first-order valence-electron chi connectivity index (χ1n) is 7.27. The second kappa shape index (κ2) is 4.82. The molecule has 1 aromatic carbocycles. The second-order valence-corrected chi connectivity index (χ2v) is 6.66. The molecule has 3 rings (SSSR count). The molecule has 5 nitrogen and oxygen atoms in total. The molecule has 1 aliphatic heterocycles. The van der Waals surface area contributed by atoms with Gasteiger partial charge in [-0.3, -0.25) is 4.90 Å². The van der Waals surface area contributed by atoms with Crippen LogP contribution >= 0.6 is 0 Å². The Hall–Kier alpha value is -1.46. The van der Waals surface area contributed by atoms with Crippen molar-refractivity contribution in [3.8, 4) is 0 Å². The highest BCUT2D eigenvalue weighted by Crippen LogP contribution is 2.27. The molecule has 5 heteroatoms. The van der Waals surface area contributed by atoms with E-state index in [0.717, 1.165) is 30.5 Å². The summed E-state index contributed by atoms with van der Waals surface area (Å²) in [4.78, 5) is 2.48. The van der Waals surface area contributed by atoms with Crippen LogP contribution in [0.3, 0.4) is 0 Å². The third kappa shape index (κ3) is 2.31. The van der Waals surface area contributed by atoms with Gasteiger partial charge in [-0.15, -0.1) is 5.10 Å². The number of likely N-dealkylation sites (tertiary alicyclic amines) is 1. The summed E-state index contributed by atoms with van der Waals surface area (Å²) in [5.41, 5.74) is 8.52. The summed E-state index contributed by atoms with van der Waals surface area (Å²) in [6.07, 6.45) is 0.996. The number of nitrogens with zero attached hydrogens (tertiary/aromatic N) is 4. The van der Waals surface area contributed by atoms with Crippen LogP contribution in [0.2, 0.25) is 0 Å². The van der Waals surface area contributed by atoms with Crippen molar-refractivity contribution in [2.45, 2.75) is 44.8 Å². The molecular formula is C15H23N5. The van der Waals surface area contributed by atoms with E-state index in [4.69, 9.17) is 5.73 Å². The van der Waals surface area contributed by atoms with Crippen LogP contribution < -0.4 is 5.73 Å². The number of para-hydroxylation sites is 1. The maximum absolute atomic E-state index is 6.35. The zero-order valence-corrected chi connectivity index (χ0v) is 12.5. The van der Waals surface area contributed by atoms with Crippen molar-refractivity contribution in [2.24, 2.45) is 5.73 Å². The van der Waals surface area contributed by atoms with E-state index < -0.39 is 0 Å². The van der Waals surface area contributed by atoms with Crippen LogP contribution in [0.25, 0.3) is 11.0 Å². The molecule has 0 spiro atoms. The number of hydrogen-bond acceptors (Lipinski definition) is 4. The summed E-state index contributed by atoms with van der Waals surface area (Å²) in [6.45, 7) is 8.73. The van der Waals surface area contributed by atoms with E-state index >= 15 is 0 Å². The normalized spacial score (nSPS) is 25.2. The second-order valence-electron chi connectivity index (χ2n) is 6.66. The Morgan fingerprint density at radius 3 is 2.75 bits per heavy atom. The maximum Gasteiger partial charge on any atom is 0.113 e. The van der Waals surface area contributed by atoms with Gasteiger partial charge in [0.05, 0.1) is 11.6 Å².